The van der Waals surface area contributed by atoms with Crippen LogP contribution in [0.3, 0.4) is 0 Å². The van der Waals surface area contributed by atoms with Gasteiger partial charge in [0.25, 0.3) is 11.5 Å². The van der Waals surface area contributed by atoms with Crippen molar-refractivity contribution >= 4 is 29.4 Å². The minimum Gasteiger partial charge on any atom is -0.387 e. The molecule has 1 amide bonds. The van der Waals surface area contributed by atoms with Gasteiger partial charge in [-0.05, 0) is 0 Å². The number of carbonyl (C=O) groups is 1. The zero-order valence-electron chi connectivity index (χ0n) is 14.8. The van der Waals surface area contributed by atoms with E-state index < -0.39 is 71.8 Å². The summed E-state index contributed by atoms with van der Waals surface area (Å²) in [6.07, 6.45) is -4.95. The molecule has 2 rings (SSSR count). The van der Waals surface area contributed by atoms with Gasteiger partial charge in [0.1, 0.15) is 18.3 Å². The maximum absolute atomic E-state index is 12.2. The SMILES string of the molecule is NC(=O)c1nccn([C@@H]2O[C@H](COP(=O)(O)OP(=O)(O)OP(=O)(O)O)[C@@H](O)[C@H]2O)c1=O. The number of hydrogen-bond acceptors (Lipinski definition) is 12. The molecule has 0 radical (unpaired) electrons. The summed E-state index contributed by atoms with van der Waals surface area (Å²) in [5.41, 5.74) is 3.21. The van der Waals surface area contributed by atoms with Gasteiger partial charge in [-0.15, -0.1) is 0 Å². The highest BCUT2D eigenvalue weighted by atomic mass is 31.3. The Morgan fingerprint density at radius 1 is 1.13 bits per heavy atom. The van der Waals surface area contributed by atoms with Crippen molar-refractivity contribution in [3.63, 3.8) is 0 Å². The average Bonchev–Trinajstić information content (AvgIpc) is 2.85. The number of phosphoric ester groups is 1. The van der Waals surface area contributed by atoms with E-state index in [1.165, 1.54) is 0 Å². The van der Waals surface area contributed by atoms with Crippen LogP contribution >= 0.6 is 23.5 Å². The molecule has 0 aliphatic carbocycles. The third-order valence-electron chi connectivity index (χ3n) is 3.53. The lowest BCUT2D eigenvalue weighted by atomic mass is 10.1. The molecule has 18 nitrogen and oxygen atoms in total. The molecule has 1 aromatic heterocycles. The summed E-state index contributed by atoms with van der Waals surface area (Å²) in [7, 11) is -16.9. The van der Waals surface area contributed by atoms with Crippen LogP contribution in [0.2, 0.25) is 0 Å². The van der Waals surface area contributed by atoms with Crippen LogP contribution in [0.1, 0.15) is 16.7 Å². The van der Waals surface area contributed by atoms with Crippen LogP contribution in [-0.4, -0.2) is 70.2 Å². The van der Waals surface area contributed by atoms with Crippen molar-refractivity contribution in [2.75, 3.05) is 6.61 Å². The van der Waals surface area contributed by atoms with E-state index in [0.717, 1.165) is 12.4 Å². The number of rotatable bonds is 9. The highest BCUT2D eigenvalue weighted by Gasteiger charge is 2.46. The first kappa shape index (κ1) is 25.9. The Bertz CT molecular complexity index is 1040. The number of aliphatic hydroxyl groups is 2. The quantitative estimate of drug-likeness (QED) is 0.166. The molecule has 31 heavy (non-hydrogen) atoms. The Hall–Kier alpha value is -1.36. The molecule has 1 aliphatic rings. The zero-order chi connectivity index (χ0) is 23.8. The fourth-order valence-corrected chi connectivity index (χ4v) is 5.39. The lowest BCUT2D eigenvalue weighted by Gasteiger charge is -2.19. The molecule has 6 atom stereocenters. The van der Waals surface area contributed by atoms with Crippen molar-refractivity contribution in [2.24, 2.45) is 5.73 Å². The second-order valence-corrected chi connectivity index (χ2v) is 10.2. The highest BCUT2D eigenvalue weighted by Crippen LogP contribution is 2.66. The van der Waals surface area contributed by atoms with Crippen LogP contribution < -0.4 is 11.3 Å². The van der Waals surface area contributed by atoms with Crippen LogP contribution in [0.4, 0.5) is 0 Å². The van der Waals surface area contributed by atoms with E-state index in [9.17, 15) is 38.4 Å². The van der Waals surface area contributed by atoms with Gasteiger partial charge < -0.3 is 40.3 Å². The maximum atomic E-state index is 12.2. The Morgan fingerprint density at radius 3 is 2.29 bits per heavy atom. The van der Waals surface area contributed by atoms with Crippen LogP contribution in [-0.2, 0) is 31.6 Å². The number of ether oxygens (including phenoxy) is 1. The Balaban J connectivity index is 2.11. The molecule has 2 unspecified atom stereocenters. The minimum atomic E-state index is -5.76. The second kappa shape index (κ2) is 9.25. The van der Waals surface area contributed by atoms with Gasteiger partial charge >= 0.3 is 23.5 Å². The van der Waals surface area contributed by atoms with E-state index in [4.69, 9.17) is 25.2 Å². The molecule has 0 bridgehead atoms. The summed E-state index contributed by atoms with van der Waals surface area (Å²) in [6, 6.07) is 0. The fourth-order valence-electron chi connectivity index (χ4n) is 2.36. The van der Waals surface area contributed by atoms with Gasteiger partial charge in [0.05, 0.1) is 6.61 Å². The van der Waals surface area contributed by atoms with E-state index in [1.807, 2.05) is 0 Å². The van der Waals surface area contributed by atoms with Gasteiger partial charge in [0.15, 0.2) is 11.9 Å². The van der Waals surface area contributed by atoms with Crippen molar-refractivity contribution in [3.8, 4) is 0 Å². The first-order valence-electron chi connectivity index (χ1n) is 7.70. The summed E-state index contributed by atoms with van der Waals surface area (Å²) < 4.78 is 50.7. The molecule has 0 saturated carbocycles. The number of nitrogens with two attached hydrogens (primary N) is 1. The Kier molecular flexibility index (Phi) is 7.73. The van der Waals surface area contributed by atoms with Gasteiger partial charge in [-0.1, -0.05) is 0 Å². The normalized spacial score (nSPS) is 28.1. The van der Waals surface area contributed by atoms with E-state index in [0.29, 0.717) is 4.57 Å². The number of aromatic nitrogens is 2. The molecule has 1 saturated heterocycles. The number of aliphatic hydroxyl groups excluding tert-OH is 2. The van der Waals surface area contributed by atoms with Crippen LogP contribution in [0.5, 0.6) is 0 Å². The van der Waals surface area contributed by atoms with E-state index in [-0.39, 0.29) is 0 Å². The number of hydrogen-bond donors (Lipinski definition) is 7. The lowest BCUT2D eigenvalue weighted by molar-refractivity contribution is -0.0538. The first-order valence-corrected chi connectivity index (χ1v) is 12.2. The summed E-state index contributed by atoms with van der Waals surface area (Å²) >= 11 is 0. The van der Waals surface area contributed by atoms with Gasteiger partial charge in [-0.25, -0.2) is 18.7 Å². The first-order chi connectivity index (χ1) is 14.0. The summed E-state index contributed by atoms with van der Waals surface area (Å²) in [5.74, 6) is -1.18. The largest absolute Gasteiger partial charge is 0.490 e. The standard InChI is InChI=1S/C10H16N3O15P3/c11-8(16)5-9(17)13(2-1-12-5)10-7(15)6(14)4(26-10)3-25-30(21,22)28-31(23,24)27-29(18,19)20/h1-2,4,6-7,10,14-15H,3H2,(H2,11,16)(H,21,22)(H,23,24)(H2,18,19,20)/t4-,6-,7-,10-/m1/s1. The Morgan fingerprint density at radius 2 is 1.74 bits per heavy atom. The number of amides is 1. The predicted octanol–water partition coefficient (Wildman–Crippen LogP) is -2.70. The smallest absolute Gasteiger partial charge is 0.387 e. The molecule has 0 aromatic carbocycles. The molecule has 21 heteroatoms. The molecule has 0 spiro atoms. The van der Waals surface area contributed by atoms with Crippen LogP contribution in [0.25, 0.3) is 0 Å². The van der Waals surface area contributed by atoms with Crippen molar-refractivity contribution in [1.82, 2.24) is 9.55 Å². The van der Waals surface area contributed by atoms with Crippen molar-refractivity contribution < 1.29 is 66.2 Å². The molecule has 1 aliphatic heterocycles. The van der Waals surface area contributed by atoms with Gasteiger partial charge in [0, 0.05) is 12.4 Å². The number of phosphoric acid groups is 3. The topological polar surface area (TPSA) is 287 Å². The molecule has 176 valence electrons. The number of nitrogens with zero attached hydrogens (tertiary/aromatic N) is 2. The second-order valence-electron chi connectivity index (χ2n) is 5.79. The Labute approximate surface area is 171 Å². The molecule has 1 aromatic rings. The van der Waals surface area contributed by atoms with Crippen molar-refractivity contribution in [3.05, 3.63) is 28.4 Å². The lowest BCUT2D eigenvalue weighted by Crippen LogP contribution is -2.38. The van der Waals surface area contributed by atoms with E-state index in [1.54, 1.807) is 0 Å². The van der Waals surface area contributed by atoms with Crippen molar-refractivity contribution in [2.45, 2.75) is 24.5 Å². The monoisotopic (exact) mass is 511 g/mol. The molecular weight excluding hydrogens is 495 g/mol. The van der Waals surface area contributed by atoms with Crippen molar-refractivity contribution in [1.29, 1.82) is 0 Å². The van der Waals surface area contributed by atoms with Gasteiger partial charge in [-0.2, -0.15) is 8.62 Å². The molecule has 2 heterocycles. The van der Waals surface area contributed by atoms with Gasteiger partial charge in [-0.3, -0.25) is 18.7 Å². The third-order valence-corrected chi connectivity index (χ3v) is 7.33. The molecular formula is C10H16N3O15P3. The van der Waals surface area contributed by atoms with E-state index in [2.05, 4.69) is 18.1 Å². The van der Waals surface area contributed by atoms with Crippen LogP contribution in [0.15, 0.2) is 17.2 Å². The maximum Gasteiger partial charge on any atom is 0.490 e. The minimum absolute atomic E-state index is 0.659. The summed E-state index contributed by atoms with van der Waals surface area (Å²) in [6.45, 7) is -1.08. The average molecular weight is 511 g/mol. The van der Waals surface area contributed by atoms with E-state index >= 15 is 0 Å². The fraction of sp³-hybridized carbons (Fsp3) is 0.500. The number of carbonyl (C=O) groups excluding carboxylic acids is 1. The summed E-state index contributed by atoms with van der Waals surface area (Å²) in [5, 5.41) is 20.1. The van der Waals surface area contributed by atoms with Crippen LogP contribution in [0, 0.1) is 0 Å². The van der Waals surface area contributed by atoms with Gasteiger partial charge in [0.2, 0.25) is 0 Å². The summed E-state index contributed by atoms with van der Waals surface area (Å²) in [4.78, 5) is 62.3. The zero-order valence-corrected chi connectivity index (χ0v) is 17.5. The predicted molar refractivity (Wildman–Crippen MR) is 92.8 cm³/mol. The number of primary amides is 1. The molecule has 8 N–H and O–H groups in total. The third kappa shape index (κ3) is 6.81. The highest BCUT2D eigenvalue weighted by molar-refractivity contribution is 7.66. The molecule has 1 fully saturated rings.